The number of hydrogen-bond acceptors (Lipinski definition) is 3. The molecule has 1 aliphatic heterocycles. The number of hydrogen-bond donors (Lipinski definition) is 2. The van der Waals surface area contributed by atoms with E-state index in [4.69, 9.17) is 10.5 Å². The van der Waals surface area contributed by atoms with Gasteiger partial charge in [0.1, 0.15) is 5.75 Å². The van der Waals surface area contributed by atoms with Crippen LogP contribution in [-0.2, 0) is 4.79 Å². The van der Waals surface area contributed by atoms with Gasteiger partial charge >= 0.3 is 0 Å². The zero-order valence-corrected chi connectivity index (χ0v) is 12.4. The lowest BCUT2D eigenvalue weighted by atomic mass is 9.91. The minimum atomic E-state index is -0.0762. The Morgan fingerprint density at radius 2 is 2.05 bits per heavy atom. The average Bonchev–Trinajstić information content (AvgIpc) is 2.99. The van der Waals surface area contributed by atoms with Crippen LogP contribution in [0, 0.1) is 11.8 Å². The highest BCUT2D eigenvalue weighted by Crippen LogP contribution is 2.34. The molecule has 0 spiro atoms. The zero-order valence-electron chi connectivity index (χ0n) is 12.4. The third-order valence-corrected chi connectivity index (χ3v) is 4.93. The van der Waals surface area contributed by atoms with Gasteiger partial charge in [-0.05, 0) is 43.7 Å². The molecule has 3 N–H and O–H groups in total. The van der Waals surface area contributed by atoms with Crippen molar-refractivity contribution in [2.45, 2.75) is 31.6 Å². The Bertz CT molecular complexity index is 503. The number of rotatable bonds is 4. The second-order valence-electron chi connectivity index (χ2n) is 6.16. The van der Waals surface area contributed by atoms with Crippen molar-refractivity contribution < 1.29 is 9.53 Å². The summed E-state index contributed by atoms with van der Waals surface area (Å²) in [5.41, 5.74) is 6.82. The Labute approximate surface area is 126 Å². The number of ether oxygens (including phenoxy) is 1. The zero-order chi connectivity index (χ0) is 14.7. The molecule has 4 nitrogen and oxygen atoms in total. The number of carbonyl (C=O) groups excluding carboxylic acids is 1. The summed E-state index contributed by atoms with van der Waals surface area (Å²) in [6.07, 6.45) is 4.39. The van der Waals surface area contributed by atoms with Crippen molar-refractivity contribution in [2.24, 2.45) is 17.6 Å². The van der Waals surface area contributed by atoms with Gasteiger partial charge in [-0.15, -0.1) is 0 Å². The largest absolute Gasteiger partial charge is 0.493 e. The van der Waals surface area contributed by atoms with E-state index >= 15 is 0 Å². The summed E-state index contributed by atoms with van der Waals surface area (Å²) >= 11 is 0. The van der Waals surface area contributed by atoms with E-state index in [1.165, 1.54) is 19.3 Å². The average molecular weight is 288 g/mol. The van der Waals surface area contributed by atoms with Crippen LogP contribution in [0.25, 0.3) is 0 Å². The van der Waals surface area contributed by atoms with Crippen molar-refractivity contribution in [2.75, 3.05) is 19.7 Å². The summed E-state index contributed by atoms with van der Waals surface area (Å²) in [5, 5.41) is 3.15. The summed E-state index contributed by atoms with van der Waals surface area (Å²) in [4.78, 5) is 12.5. The van der Waals surface area contributed by atoms with Gasteiger partial charge in [-0.1, -0.05) is 24.6 Å². The first-order valence-electron chi connectivity index (χ1n) is 7.99. The van der Waals surface area contributed by atoms with Gasteiger partial charge in [0.15, 0.2) is 0 Å². The normalized spacial score (nSPS) is 27.8. The first-order chi connectivity index (χ1) is 10.3. The van der Waals surface area contributed by atoms with Gasteiger partial charge < -0.3 is 15.8 Å². The van der Waals surface area contributed by atoms with E-state index in [9.17, 15) is 4.79 Å². The van der Waals surface area contributed by atoms with E-state index in [1.807, 2.05) is 24.3 Å². The minimum Gasteiger partial charge on any atom is -0.493 e. The summed E-state index contributed by atoms with van der Waals surface area (Å²) < 4.78 is 5.62. The van der Waals surface area contributed by atoms with E-state index in [1.54, 1.807) is 0 Å². The lowest BCUT2D eigenvalue weighted by molar-refractivity contribution is -0.123. The van der Waals surface area contributed by atoms with Crippen molar-refractivity contribution in [3.8, 4) is 5.75 Å². The molecule has 1 aliphatic carbocycles. The summed E-state index contributed by atoms with van der Waals surface area (Å²) in [6, 6.07) is 7.85. The van der Waals surface area contributed by atoms with Gasteiger partial charge in [0.05, 0.1) is 12.5 Å². The van der Waals surface area contributed by atoms with Crippen LogP contribution in [0.5, 0.6) is 5.75 Å². The number of benzene rings is 1. The van der Waals surface area contributed by atoms with Crippen LogP contribution in [0.4, 0.5) is 0 Å². The van der Waals surface area contributed by atoms with Gasteiger partial charge in [-0.2, -0.15) is 0 Å². The van der Waals surface area contributed by atoms with E-state index in [2.05, 4.69) is 5.32 Å². The second-order valence-corrected chi connectivity index (χ2v) is 6.16. The number of amides is 1. The molecule has 0 radical (unpaired) electrons. The molecular formula is C17H24N2O2. The van der Waals surface area contributed by atoms with Crippen LogP contribution in [0.2, 0.25) is 0 Å². The molecule has 0 bridgehead atoms. The van der Waals surface area contributed by atoms with Crippen molar-refractivity contribution in [3.05, 3.63) is 29.8 Å². The molecule has 3 rings (SSSR count). The first-order valence-corrected chi connectivity index (χ1v) is 7.99. The smallest absolute Gasteiger partial charge is 0.227 e. The molecule has 21 heavy (non-hydrogen) atoms. The number of nitrogens with two attached hydrogens (primary N) is 1. The van der Waals surface area contributed by atoms with E-state index in [0.717, 1.165) is 30.8 Å². The SMILES string of the molecule is NCC1CCCC1CNC(=O)C1CCOc2ccccc21. The lowest BCUT2D eigenvalue weighted by Gasteiger charge is -2.26. The van der Waals surface area contributed by atoms with Crippen molar-refractivity contribution in [1.29, 1.82) is 0 Å². The number of nitrogens with one attached hydrogen (secondary N) is 1. The summed E-state index contributed by atoms with van der Waals surface area (Å²) in [5.74, 6) is 2.03. The maximum atomic E-state index is 12.5. The maximum Gasteiger partial charge on any atom is 0.227 e. The monoisotopic (exact) mass is 288 g/mol. The van der Waals surface area contributed by atoms with Crippen molar-refractivity contribution in [1.82, 2.24) is 5.32 Å². The summed E-state index contributed by atoms with van der Waals surface area (Å²) in [7, 11) is 0. The fraction of sp³-hybridized carbons (Fsp3) is 0.588. The molecule has 1 fully saturated rings. The van der Waals surface area contributed by atoms with Gasteiger partial charge in [-0.25, -0.2) is 0 Å². The Morgan fingerprint density at radius 1 is 1.24 bits per heavy atom. The standard InChI is InChI=1S/C17H24N2O2/c18-10-12-4-3-5-13(12)11-19-17(20)15-8-9-21-16-7-2-1-6-14(15)16/h1-2,6-7,12-13,15H,3-5,8-11,18H2,(H,19,20). The molecule has 114 valence electrons. The molecule has 2 aliphatic rings. The molecule has 1 aromatic carbocycles. The highest BCUT2D eigenvalue weighted by atomic mass is 16.5. The predicted octanol–water partition coefficient (Wildman–Crippen LogP) is 2.04. The van der Waals surface area contributed by atoms with Crippen LogP contribution >= 0.6 is 0 Å². The van der Waals surface area contributed by atoms with Crippen LogP contribution in [0.1, 0.15) is 37.2 Å². The quantitative estimate of drug-likeness (QED) is 0.891. The molecule has 4 heteroatoms. The highest BCUT2D eigenvalue weighted by Gasteiger charge is 2.30. The Morgan fingerprint density at radius 3 is 2.90 bits per heavy atom. The van der Waals surface area contributed by atoms with Crippen LogP contribution < -0.4 is 15.8 Å². The molecule has 3 unspecified atom stereocenters. The van der Waals surface area contributed by atoms with Gasteiger partial charge in [0.25, 0.3) is 0 Å². The van der Waals surface area contributed by atoms with Crippen LogP contribution in [0.15, 0.2) is 24.3 Å². The van der Waals surface area contributed by atoms with Gasteiger partial charge in [-0.3, -0.25) is 4.79 Å². The Balaban J connectivity index is 1.61. The van der Waals surface area contributed by atoms with E-state index in [-0.39, 0.29) is 11.8 Å². The summed E-state index contributed by atoms with van der Waals surface area (Å²) in [6.45, 7) is 2.12. The fourth-order valence-corrected chi connectivity index (χ4v) is 3.66. The Hall–Kier alpha value is -1.55. The molecule has 0 aromatic heterocycles. The molecule has 1 saturated carbocycles. The minimum absolute atomic E-state index is 0.0762. The number of para-hydroxylation sites is 1. The topological polar surface area (TPSA) is 64.3 Å². The molecular weight excluding hydrogens is 264 g/mol. The maximum absolute atomic E-state index is 12.5. The van der Waals surface area contributed by atoms with Crippen LogP contribution in [-0.4, -0.2) is 25.6 Å². The molecule has 1 aromatic rings. The number of fused-ring (bicyclic) bond motifs is 1. The predicted molar refractivity (Wildman–Crippen MR) is 82.2 cm³/mol. The van der Waals surface area contributed by atoms with E-state index in [0.29, 0.717) is 18.4 Å². The van der Waals surface area contributed by atoms with Crippen molar-refractivity contribution in [3.63, 3.8) is 0 Å². The third-order valence-electron chi connectivity index (χ3n) is 4.93. The van der Waals surface area contributed by atoms with Crippen molar-refractivity contribution >= 4 is 5.91 Å². The highest BCUT2D eigenvalue weighted by molar-refractivity contribution is 5.84. The lowest BCUT2D eigenvalue weighted by Crippen LogP contribution is -2.37. The third kappa shape index (κ3) is 3.05. The Kier molecular flexibility index (Phi) is 4.44. The van der Waals surface area contributed by atoms with Gasteiger partial charge in [0, 0.05) is 12.1 Å². The second kappa shape index (κ2) is 6.48. The molecule has 1 amide bonds. The van der Waals surface area contributed by atoms with Crippen LogP contribution in [0.3, 0.4) is 0 Å². The molecule has 1 heterocycles. The number of carbonyl (C=O) groups is 1. The first kappa shape index (κ1) is 14.4. The molecule has 3 atom stereocenters. The molecule has 0 saturated heterocycles. The van der Waals surface area contributed by atoms with Gasteiger partial charge in [0.2, 0.25) is 5.91 Å². The fourth-order valence-electron chi connectivity index (χ4n) is 3.66. The van der Waals surface area contributed by atoms with E-state index < -0.39 is 0 Å².